The molecule has 292 valence electrons. The summed E-state index contributed by atoms with van der Waals surface area (Å²) in [5.74, 6) is 2.19. The van der Waals surface area contributed by atoms with Gasteiger partial charge in [-0.2, -0.15) is 0 Å². The van der Waals surface area contributed by atoms with Gasteiger partial charge in [0.1, 0.15) is 29.9 Å². The molecule has 0 aliphatic rings. The maximum atomic E-state index is 12.8. The Labute approximate surface area is 342 Å². The number of aromatic nitrogens is 4. The Morgan fingerprint density at radius 1 is 0.684 bits per heavy atom. The third-order valence-corrected chi connectivity index (χ3v) is 10.2. The lowest BCUT2D eigenvalue weighted by Gasteiger charge is -2.15. The number of anilines is 1. The highest BCUT2D eigenvalue weighted by atomic mass is 35.5. The van der Waals surface area contributed by atoms with Crippen molar-refractivity contribution in [3.05, 3.63) is 147 Å². The Morgan fingerprint density at radius 3 is 1.79 bits per heavy atom. The van der Waals surface area contributed by atoms with Crippen molar-refractivity contribution in [2.75, 3.05) is 25.9 Å². The summed E-state index contributed by atoms with van der Waals surface area (Å²) in [6, 6.07) is 26.6. The zero-order valence-corrected chi connectivity index (χ0v) is 34.0. The summed E-state index contributed by atoms with van der Waals surface area (Å²) in [5, 5.41) is 11.7. The van der Waals surface area contributed by atoms with Crippen LogP contribution in [0.5, 0.6) is 23.3 Å². The quantitative estimate of drug-likeness (QED) is 0.115. The first-order chi connectivity index (χ1) is 27.4. The number of likely N-dealkylation sites (N-methyl/N-ethyl adjacent to an activating group) is 1. The number of hydrogen-bond donors (Lipinski definition) is 2. The van der Waals surface area contributed by atoms with E-state index < -0.39 is 0 Å². The lowest BCUT2D eigenvalue weighted by Crippen LogP contribution is -2.21. The molecule has 0 saturated carbocycles. The summed E-state index contributed by atoms with van der Waals surface area (Å²) in [6.07, 6.45) is 3.55. The number of nitrogen functional groups attached to an aromatic ring is 1. The van der Waals surface area contributed by atoms with Crippen LogP contribution in [0.25, 0.3) is 21.8 Å². The van der Waals surface area contributed by atoms with Crippen LogP contribution in [-0.2, 0) is 24.2 Å². The van der Waals surface area contributed by atoms with E-state index in [1.807, 2.05) is 87.3 Å². The number of nitrogens with two attached hydrogens (primary N) is 1. The average molecular weight is 804 g/mol. The summed E-state index contributed by atoms with van der Waals surface area (Å²) in [5.41, 5.74) is 15.4. The smallest absolute Gasteiger partial charge is 0.230 e. The molecular formula is C45H44Cl2N6O4. The Balaban J connectivity index is 0.000000221. The molecule has 2 heterocycles. The first kappa shape index (κ1) is 41.0. The number of carbonyl (C=O) groups is 1. The van der Waals surface area contributed by atoms with Crippen LogP contribution in [0.2, 0.25) is 10.0 Å². The van der Waals surface area contributed by atoms with Crippen LogP contribution in [0.3, 0.4) is 0 Å². The molecule has 0 saturated heterocycles. The average Bonchev–Trinajstić information content (AvgIpc) is 3.16. The van der Waals surface area contributed by atoms with E-state index in [0.29, 0.717) is 52.0 Å². The molecule has 10 nitrogen and oxygen atoms in total. The number of rotatable bonds is 12. The second-order valence-electron chi connectivity index (χ2n) is 14.1. The molecule has 7 aromatic rings. The van der Waals surface area contributed by atoms with Crippen molar-refractivity contribution in [1.82, 2.24) is 24.8 Å². The Morgan fingerprint density at radius 2 is 1.23 bits per heavy atom. The SMILES string of the molecule is Cc1cc2ncnc(Oc3ccc(CC(=O)Cc4cccc(CN(C)CCO)c4)c(Cl)c3)c2cc1C.Cc1cc2ncnc(Oc3ccc(N)c(Cl)c3)c2cc1C. The first-order valence-electron chi connectivity index (χ1n) is 18.4. The molecule has 0 aliphatic carbocycles. The van der Waals surface area contributed by atoms with E-state index in [9.17, 15) is 4.79 Å². The Kier molecular flexibility index (Phi) is 13.3. The fourth-order valence-corrected chi connectivity index (χ4v) is 6.59. The number of nitrogens with zero attached hydrogens (tertiary/aromatic N) is 5. The summed E-state index contributed by atoms with van der Waals surface area (Å²) >= 11 is 12.5. The molecule has 0 spiro atoms. The van der Waals surface area contributed by atoms with Crippen molar-refractivity contribution < 1.29 is 19.4 Å². The fourth-order valence-electron chi connectivity index (χ4n) is 6.18. The molecule has 0 atom stereocenters. The molecule has 5 aromatic carbocycles. The van der Waals surface area contributed by atoms with E-state index in [-0.39, 0.29) is 18.8 Å². The fraction of sp³-hybridized carbons (Fsp3) is 0.222. The van der Waals surface area contributed by atoms with Crippen LogP contribution in [-0.4, -0.2) is 55.9 Å². The van der Waals surface area contributed by atoms with Gasteiger partial charge in [0.05, 0.1) is 39.1 Å². The predicted molar refractivity (Wildman–Crippen MR) is 228 cm³/mol. The van der Waals surface area contributed by atoms with Gasteiger partial charge in [0, 0.05) is 37.0 Å². The lowest BCUT2D eigenvalue weighted by molar-refractivity contribution is -0.117. The third kappa shape index (κ3) is 10.6. The minimum atomic E-state index is 0.0825. The number of fused-ring (bicyclic) bond motifs is 2. The van der Waals surface area contributed by atoms with Gasteiger partial charge in [-0.25, -0.2) is 19.9 Å². The van der Waals surface area contributed by atoms with Crippen LogP contribution >= 0.6 is 23.2 Å². The maximum Gasteiger partial charge on any atom is 0.230 e. The molecule has 12 heteroatoms. The molecule has 0 unspecified atom stereocenters. The molecule has 7 rings (SSSR count). The number of hydrogen-bond acceptors (Lipinski definition) is 10. The van der Waals surface area contributed by atoms with E-state index in [0.717, 1.165) is 61.7 Å². The molecule has 3 N–H and O–H groups in total. The van der Waals surface area contributed by atoms with Crippen LogP contribution in [0, 0.1) is 27.7 Å². The lowest BCUT2D eigenvalue weighted by atomic mass is 10.0. The first-order valence-corrected chi connectivity index (χ1v) is 19.1. The van der Waals surface area contributed by atoms with Gasteiger partial charge in [0.2, 0.25) is 11.8 Å². The number of ketones is 1. The van der Waals surface area contributed by atoms with E-state index in [1.165, 1.54) is 18.2 Å². The number of Topliss-reactive ketones (excluding diaryl/α,β-unsaturated/α-hetero) is 1. The highest BCUT2D eigenvalue weighted by Crippen LogP contribution is 2.33. The highest BCUT2D eigenvalue weighted by molar-refractivity contribution is 6.33. The highest BCUT2D eigenvalue weighted by Gasteiger charge is 2.14. The molecule has 0 bridgehead atoms. The van der Waals surface area contributed by atoms with Crippen molar-refractivity contribution in [1.29, 1.82) is 0 Å². The summed E-state index contributed by atoms with van der Waals surface area (Å²) in [4.78, 5) is 32.0. The van der Waals surface area contributed by atoms with Crippen LogP contribution < -0.4 is 15.2 Å². The summed E-state index contributed by atoms with van der Waals surface area (Å²) < 4.78 is 11.9. The monoisotopic (exact) mass is 802 g/mol. The van der Waals surface area contributed by atoms with Crippen molar-refractivity contribution in [2.24, 2.45) is 0 Å². The maximum absolute atomic E-state index is 12.8. The second-order valence-corrected chi connectivity index (χ2v) is 14.9. The van der Waals surface area contributed by atoms with Crippen molar-refractivity contribution >= 4 is 56.5 Å². The molecule has 0 fully saturated rings. The summed E-state index contributed by atoms with van der Waals surface area (Å²) in [6.45, 7) is 9.63. The number of aliphatic hydroxyl groups is 1. The second kappa shape index (κ2) is 18.5. The number of ether oxygens (including phenoxy) is 2. The molecule has 57 heavy (non-hydrogen) atoms. The van der Waals surface area contributed by atoms with Gasteiger partial charge in [0.25, 0.3) is 0 Å². The van der Waals surface area contributed by atoms with Crippen LogP contribution in [0.15, 0.2) is 97.6 Å². The number of aryl methyl sites for hydroxylation is 4. The number of halogens is 2. The van der Waals surface area contributed by atoms with E-state index in [4.69, 9.17) is 43.5 Å². The topological polar surface area (TPSA) is 137 Å². The number of benzene rings is 5. The van der Waals surface area contributed by atoms with Gasteiger partial charge in [0.15, 0.2) is 0 Å². The minimum Gasteiger partial charge on any atom is -0.438 e. The Hall–Kier alpha value is -5.65. The van der Waals surface area contributed by atoms with Gasteiger partial charge in [-0.05, 0) is 122 Å². The van der Waals surface area contributed by atoms with Gasteiger partial charge < -0.3 is 20.3 Å². The van der Waals surface area contributed by atoms with E-state index >= 15 is 0 Å². The predicted octanol–water partition coefficient (Wildman–Crippen LogP) is 9.75. The van der Waals surface area contributed by atoms with E-state index in [1.54, 1.807) is 30.3 Å². The molecular weight excluding hydrogens is 759 g/mol. The molecule has 2 aromatic heterocycles. The van der Waals surface area contributed by atoms with E-state index in [2.05, 4.69) is 26.9 Å². The zero-order valence-electron chi connectivity index (χ0n) is 32.5. The molecule has 0 radical (unpaired) electrons. The van der Waals surface area contributed by atoms with Gasteiger partial charge in [-0.3, -0.25) is 9.69 Å². The Bertz CT molecular complexity index is 2570. The van der Waals surface area contributed by atoms with Gasteiger partial charge in [-0.1, -0.05) is 53.5 Å². The standard InChI is InChI=1S/C29H30ClN3O3.C16H14ClN3O/c1-19-11-26-28(12-20(19)2)31-18-32-29(26)36-25-8-7-23(27(30)16-25)15-24(35)14-21-5-4-6-22(13-21)17-33(3)9-10-34;1-9-5-12-15(6-10(9)2)19-8-20-16(12)21-11-3-4-14(18)13(17)7-11/h4-8,11-13,16,18,34H,9-10,14-15,17H2,1-3H3;3-8H,18H2,1-2H3. The van der Waals surface area contributed by atoms with Crippen LogP contribution in [0.4, 0.5) is 5.69 Å². The van der Waals surface area contributed by atoms with Gasteiger partial charge in [-0.15, -0.1) is 0 Å². The molecule has 0 aliphatic heterocycles. The number of aliphatic hydroxyl groups excluding tert-OH is 1. The minimum absolute atomic E-state index is 0.0825. The van der Waals surface area contributed by atoms with Crippen LogP contribution in [0.1, 0.15) is 38.9 Å². The largest absolute Gasteiger partial charge is 0.438 e. The third-order valence-electron chi connectivity index (χ3n) is 9.57. The van der Waals surface area contributed by atoms with Crippen molar-refractivity contribution in [3.63, 3.8) is 0 Å². The normalized spacial score (nSPS) is 11.1. The summed E-state index contributed by atoms with van der Waals surface area (Å²) in [7, 11) is 1.96. The number of carbonyl (C=O) groups excluding carboxylic acids is 1. The van der Waals surface area contributed by atoms with Gasteiger partial charge >= 0.3 is 0 Å². The van der Waals surface area contributed by atoms with Crippen molar-refractivity contribution in [3.8, 4) is 23.3 Å². The molecule has 0 amide bonds. The zero-order chi connectivity index (χ0) is 40.6. The van der Waals surface area contributed by atoms with Crippen molar-refractivity contribution in [2.45, 2.75) is 47.1 Å².